The van der Waals surface area contributed by atoms with Crippen LogP contribution in [0.5, 0.6) is 0 Å². The monoisotopic (exact) mass is 321 g/mol. The molecule has 5 rings (SSSR count). The van der Waals surface area contributed by atoms with Gasteiger partial charge in [-0.1, -0.05) is 11.6 Å². The highest BCUT2D eigenvalue weighted by atomic mass is 35.5. The Morgan fingerprint density at radius 3 is 2.36 bits per heavy atom. The lowest BCUT2D eigenvalue weighted by Crippen LogP contribution is -2.50. The summed E-state index contributed by atoms with van der Waals surface area (Å²) < 4.78 is 1.30. The second-order valence-corrected chi connectivity index (χ2v) is 8.42. The van der Waals surface area contributed by atoms with Crippen LogP contribution in [0.2, 0.25) is 5.02 Å². The number of nitrogens with zero attached hydrogens (tertiary/aromatic N) is 3. The van der Waals surface area contributed by atoms with E-state index in [-0.39, 0.29) is 5.56 Å². The van der Waals surface area contributed by atoms with Crippen LogP contribution >= 0.6 is 11.6 Å². The van der Waals surface area contributed by atoms with Crippen molar-refractivity contribution in [3.05, 3.63) is 21.6 Å². The van der Waals surface area contributed by atoms with E-state index in [1.807, 2.05) is 0 Å². The van der Waals surface area contributed by atoms with Gasteiger partial charge in [-0.05, 0) is 61.7 Å². The molecule has 0 saturated heterocycles. The van der Waals surface area contributed by atoms with Gasteiger partial charge in [0.25, 0.3) is 5.56 Å². The van der Waals surface area contributed by atoms with Crippen LogP contribution in [0.15, 0.2) is 11.0 Å². The molecule has 0 unspecified atom stereocenters. The fourth-order valence-corrected chi connectivity index (χ4v) is 6.16. The zero-order chi connectivity index (χ0) is 15.5. The maximum absolute atomic E-state index is 12.0. The lowest BCUT2D eigenvalue weighted by Gasteiger charge is -2.57. The third-order valence-electron chi connectivity index (χ3n) is 6.21. The van der Waals surface area contributed by atoms with Crippen molar-refractivity contribution in [1.29, 1.82) is 0 Å². The van der Waals surface area contributed by atoms with Crippen LogP contribution in [0.3, 0.4) is 0 Å². The summed E-state index contributed by atoms with van der Waals surface area (Å²) in [5.41, 5.74) is 1.01. The Morgan fingerprint density at radius 2 is 1.82 bits per heavy atom. The molecule has 4 fully saturated rings. The molecule has 4 saturated carbocycles. The predicted molar refractivity (Wildman–Crippen MR) is 88.4 cm³/mol. The first-order valence-electron chi connectivity index (χ1n) is 8.39. The Balaban J connectivity index is 1.59. The molecule has 0 aliphatic heterocycles. The van der Waals surface area contributed by atoms with Crippen molar-refractivity contribution in [3.63, 3.8) is 0 Å². The van der Waals surface area contributed by atoms with E-state index in [1.54, 1.807) is 13.2 Å². The SMILES string of the molecule is CN(CC12CC3CC(CC(C3)C1)C2)c1cnn(C)c(=O)c1Cl. The van der Waals surface area contributed by atoms with E-state index in [9.17, 15) is 4.79 Å². The van der Waals surface area contributed by atoms with Crippen LogP contribution in [0.1, 0.15) is 38.5 Å². The molecule has 0 spiro atoms. The Labute approximate surface area is 136 Å². The molecule has 4 aliphatic carbocycles. The highest BCUT2D eigenvalue weighted by Crippen LogP contribution is 2.60. The first-order chi connectivity index (χ1) is 10.5. The summed E-state index contributed by atoms with van der Waals surface area (Å²) in [4.78, 5) is 14.2. The molecule has 120 valence electrons. The van der Waals surface area contributed by atoms with Crippen LogP contribution in [0.25, 0.3) is 0 Å². The minimum Gasteiger partial charge on any atom is -0.371 e. The highest BCUT2D eigenvalue weighted by molar-refractivity contribution is 6.33. The van der Waals surface area contributed by atoms with Crippen molar-refractivity contribution in [2.24, 2.45) is 30.2 Å². The highest BCUT2D eigenvalue weighted by Gasteiger charge is 2.51. The van der Waals surface area contributed by atoms with E-state index in [2.05, 4.69) is 17.0 Å². The van der Waals surface area contributed by atoms with Crippen molar-refractivity contribution in [3.8, 4) is 0 Å². The second kappa shape index (κ2) is 4.98. The van der Waals surface area contributed by atoms with Gasteiger partial charge in [0, 0.05) is 20.6 Å². The van der Waals surface area contributed by atoms with E-state index < -0.39 is 0 Å². The fraction of sp³-hybridized carbons (Fsp3) is 0.765. The number of hydrogen-bond acceptors (Lipinski definition) is 3. The summed E-state index contributed by atoms with van der Waals surface area (Å²) in [6.45, 7) is 1.01. The molecule has 5 heteroatoms. The molecule has 0 N–H and O–H groups in total. The lowest BCUT2D eigenvalue weighted by molar-refractivity contribution is -0.0472. The number of aryl methyl sites for hydroxylation is 1. The van der Waals surface area contributed by atoms with Crippen molar-refractivity contribution < 1.29 is 0 Å². The van der Waals surface area contributed by atoms with Crippen LogP contribution in [0, 0.1) is 23.2 Å². The van der Waals surface area contributed by atoms with Crippen LogP contribution in [-0.2, 0) is 7.05 Å². The molecule has 1 aromatic rings. The molecular weight excluding hydrogens is 298 g/mol. The van der Waals surface area contributed by atoms with E-state index in [1.165, 1.54) is 43.2 Å². The Kier molecular flexibility index (Phi) is 3.30. The number of rotatable bonds is 3. The zero-order valence-electron chi connectivity index (χ0n) is 13.4. The summed E-state index contributed by atoms with van der Waals surface area (Å²) in [5, 5.41) is 4.43. The summed E-state index contributed by atoms with van der Waals surface area (Å²) >= 11 is 6.26. The van der Waals surface area contributed by atoms with Gasteiger partial charge in [-0.25, -0.2) is 4.68 Å². The maximum Gasteiger partial charge on any atom is 0.287 e. The Bertz CT molecular complexity index is 619. The van der Waals surface area contributed by atoms with Crippen LogP contribution < -0.4 is 10.5 Å². The van der Waals surface area contributed by atoms with Gasteiger partial charge in [-0.15, -0.1) is 0 Å². The van der Waals surface area contributed by atoms with E-state index in [0.717, 1.165) is 30.0 Å². The van der Waals surface area contributed by atoms with Gasteiger partial charge in [0.2, 0.25) is 0 Å². The van der Waals surface area contributed by atoms with Gasteiger partial charge in [-0.3, -0.25) is 4.79 Å². The van der Waals surface area contributed by atoms with Gasteiger partial charge in [-0.2, -0.15) is 5.10 Å². The maximum atomic E-state index is 12.0. The summed E-state index contributed by atoms with van der Waals surface area (Å²) in [5.74, 6) is 2.82. The number of aromatic nitrogens is 2. The normalized spacial score (nSPS) is 35.9. The minimum atomic E-state index is -0.212. The average molecular weight is 322 g/mol. The molecular formula is C17H24ClN3O. The third kappa shape index (κ3) is 2.27. The second-order valence-electron chi connectivity index (χ2n) is 8.05. The predicted octanol–water partition coefficient (Wildman–Crippen LogP) is 3.09. The first kappa shape index (κ1) is 14.6. The molecule has 0 aromatic carbocycles. The largest absolute Gasteiger partial charge is 0.371 e. The smallest absolute Gasteiger partial charge is 0.287 e. The van der Waals surface area contributed by atoms with Crippen molar-refractivity contribution in [1.82, 2.24) is 9.78 Å². The first-order valence-corrected chi connectivity index (χ1v) is 8.76. The van der Waals surface area contributed by atoms with Crippen LogP contribution in [-0.4, -0.2) is 23.4 Å². The van der Waals surface area contributed by atoms with Crippen molar-refractivity contribution >= 4 is 17.3 Å². The topological polar surface area (TPSA) is 38.1 Å². The number of anilines is 1. The quantitative estimate of drug-likeness (QED) is 0.858. The molecule has 1 aromatic heterocycles. The zero-order valence-corrected chi connectivity index (χ0v) is 14.1. The molecule has 4 aliphatic rings. The molecule has 22 heavy (non-hydrogen) atoms. The summed E-state index contributed by atoms with van der Waals surface area (Å²) in [6.07, 6.45) is 10.2. The molecule has 4 nitrogen and oxygen atoms in total. The number of hydrogen-bond donors (Lipinski definition) is 0. The van der Waals surface area contributed by atoms with Crippen LogP contribution in [0.4, 0.5) is 5.69 Å². The molecule has 4 bridgehead atoms. The van der Waals surface area contributed by atoms with Gasteiger partial charge >= 0.3 is 0 Å². The van der Waals surface area contributed by atoms with Gasteiger partial charge < -0.3 is 4.90 Å². The van der Waals surface area contributed by atoms with Gasteiger partial charge in [0.15, 0.2) is 0 Å². The summed E-state index contributed by atoms with van der Waals surface area (Å²) in [6, 6.07) is 0. The molecule has 0 atom stereocenters. The Hall–Kier alpha value is -1.03. The molecule has 1 heterocycles. The van der Waals surface area contributed by atoms with Gasteiger partial charge in [0.05, 0.1) is 11.9 Å². The molecule has 0 radical (unpaired) electrons. The van der Waals surface area contributed by atoms with Gasteiger partial charge in [0.1, 0.15) is 5.02 Å². The van der Waals surface area contributed by atoms with E-state index >= 15 is 0 Å². The number of halogens is 1. The Morgan fingerprint density at radius 1 is 1.27 bits per heavy atom. The minimum absolute atomic E-state index is 0.212. The summed E-state index contributed by atoms with van der Waals surface area (Å²) in [7, 11) is 3.69. The average Bonchev–Trinajstić information content (AvgIpc) is 2.42. The van der Waals surface area contributed by atoms with Crippen molar-refractivity contribution in [2.75, 3.05) is 18.5 Å². The lowest BCUT2D eigenvalue weighted by atomic mass is 9.49. The third-order valence-corrected chi connectivity index (χ3v) is 6.56. The molecule has 0 amide bonds. The van der Waals surface area contributed by atoms with Crippen molar-refractivity contribution in [2.45, 2.75) is 38.5 Å². The van der Waals surface area contributed by atoms with E-state index in [0.29, 0.717) is 10.4 Å². The standard InChI is InChI=1S/C17H24ClN3O/c1-20(14-9-19-21(2)16(22)15(14)18)10-17-6-11-3-12(7-17)5-13(4-11)8-17/h9,11-13H,3-8,10H2,1-2H3. The van der Waals surface area contributed by atoms with E-state index in [4.69, 9.17) is 11.6 Å². The fourth-order valence-electron chi connectivity index (χ4n) is 5.84.